The van der Waals surface area contributed by atoms with Crippen LogP contribution in [0.2, 0.25) is 0 Å². The largest absolute Gasteiger partial charge is 0.383 e. The molecule has 0 saturated carbocycles. The smallest absolute Gasteiger partial charge is 0.190 e. The summed E-state index contributed by atoms with van der Waals surface area (Å²) in [4.78, 5) is 11.7. The number of fused-ring (bicyclic) bond motifs is 3. The summed E-state index contributed by atoms with van der Waals surface area (Å²) in [5.74, 6) is 0.925. The highest BCUT2D eigenvalue weighted by Crippen LogP contribution is 2.42. The fourth-order valence-corrected chi connectivity index (χ4v) is 4.30. The van der Waals surface area contributed by atoms with Gasteiger partial charge in [-0.05, 0) is 25.2 Å². The van der Waals surface area contributed by atoms with Crippen molar-refractivity contribution in [2.24, 2.45) is 0 Å². The van der Waals surface area contributed by atoms with Gasteiger partial charge in [-0.1, -0.05) is 18.7 Å². The van der Waals surface area contributed by atoms with E-state index in [1.54, 1.807) is 30.2 Å². The summed E-state index contributed by atoms with van der Waals surface area (Å²) in [7, 11) is 1.71. The van der Waals surface area contributed by atoms with E-state index in [1.807, 2.05) is 6.26 Å². The third-order valence-corrected chi connectivity index (χ3v) is 5.99. The molecule has 3 heterocycles. The molecule has 1 atom stereocenters. The van der Waals surface area contributed by atoms with E-state index >= 15 is 0 Å². The van der Waals surface area contributed by atoms with Crippen molar-refractivity contribution in [3.05, 3.63) is 10.4 Å². The first-order valence-electron chi connectivity index (χ1n) is 7.83. The van der Waals surface area contributed by atoms with Crippen LogP contribution < -0.4 is 5.32 Å². The summed E-state index contributed by atoms with van der Waals surface area (Å²) in [6, 6.07) is 0. The lowest BCUT2D eigenvalue weighted by Gasteiger charge is -2.33. The summed E-state index contributed by atoms with van der Waals surface area (Å²) in [5, 5.41) is 5.39. The molecule has 0 saturated heterocycles. The molecule has 5 nitrogen and oxygen atoms in total. The van der Waals surface area contributed by atoms with Gasteiger partial charge in [0.15, 0.2) is 5.16 Å². The molecule has 1 aliphatic heterocycles. The Labute approximate surface area is 145 Å². The molecule has 2 aromatic rings. The van der Waals surface area contributed by atoms with Crippen LogP contribution >= 0.6 is 23.1 Å². The van der Waals surface area contributed by atoms with Crippen LogP contribution in [0.4, 0.5) is 5.82 Å². The number of hydrogen-bond acceptors (Lipinski definition) is 7. The summed E-state index contributed by atoms with van der Waals surface area (Å²) < 4.78 is 11.2. The molecule has 0 aromatic carbocycles. The number of ether oxygens (including phenoxy) is 2. The highest BCUT2D eigenvalue weighted by Gasteiger charge is 2.33. The first-order valence-corrected chi connectivity index (χ1v) is 9.87. The van der Waals surface area contributed by atoms with Gasteiger partial charge in [-0.2, -0.15) is 0 Å². The highest BCUT2D eigenvalue weighted by molar-refractivity contribution is 7.98. The number of hydrogen-bond donors (Lipinski definition) is 1. The lowest BCUT2D eigenvalue weighted by molar-refractivity contribution is -0.0542. The Balaban J connectivity index is 2.07. The molecule has 1 unspecified atom stereocenters. The Hall–Kier alpha value is -0.890. The molecule has 126 valence electrons. The summed E-state index contributed by atoms with van der Waals surface area (Å²) in [6.45, 7) is 6.44. The van der Waals surface area contributed by atoms with E-state index in [4.69, 9.17) is 19.4 Å². The van der Waals surface area contributed by atoms with E-state index in [2.05, 4.69) is 19.2 Å². The number of nitrogens with zero attached hydrogens (tertiary/aromatic N) is 2. The van der Waals surface area contributed by atoms with E-state index in [1.165, 1.54) is 15.8 Å². The second-order valence-electron chi connectivity index (χ2n) is 5.93. The van der Waals surface area contributed by atoms with Crippen molar-refractivity contribution >= 4 is 39.1 Å². The van der Waals surface area contributed by atoms with Crippen molar-refractivity contribution in [3.63, 3.8) is 0 Å². The van der Waals surface area contributed by atoms with E-state index in [0.29, 0.717) is 13.2 Å². The van der Waals surface area contributed by atoms with E-state index in [0.717, 1.165) is 35.2 Å². The molecular weight excluding hydrogens is 330 g/mol. The number of nitrogens with one attached hydrogen (secondary N) is 1. The van der Waals surface area contributed by atoms with Crippen molar-refractivity contribution in [2.45, 2.75) is 44.1 Å². The molecule has 7 heteroatoms. The standard InChI is InChI=1S/C16H23N3O2S2/c1-5-16(2)8-10-11(9-21-16)23-14-12(10)13(17-6-7-20-3)18-15(19-14)22-4/h5-9H2,1-4H3,(H,17,18,19). The molecule has 1 N–H and O–H groups in total. The zero-order valence-corrected chi connectivity index (χ0v) is 15.7. The normalized spacial score (nSPS) is 20.7. The Bertz CT molecular complexity index is 704. The van der Waals surface area contributed by atoms with E-state index in [-0.39, 0.29) is 5.60 Å². The van der Waals surface area contributed by atoms with Gasteiger partial charge in [-0.15, -0.1) is 11.3 Å². The molecule has 1 aliphatic rings. The molecule has 0 fully saturated rings. The second-order valence-corrected chi connectivity index (χ2v) is 7.79. The fourth-order valence-electron chi connectivity index (χ4n) is 2.77. The second kappa shape index (κ2) is 6.93. The van der Waals surface area contributed by atoms with Gasteiger partial charge >= 0.3 is 0 Å². The molecule has 2 aromatic heterocycles. The maximum atomic E-state index is 6.08. The number of thiophene rings is 1. The lowest BCUT2D eigenvalue weighted by atomic mass is 9.90. The first-order chi connectivity index (χ1) is 11.1. The average molecular weight is 354 g/mol. The van der Waals surface area contributed by atoms with Gasteiger partial charge in [0.2, 0.25) is 0 Å². The maximum absolute atomic E-state index is 6.08. The van der Waals surface area contributed by atoms with Gasteiger partial charge in [0.25, 0.3) is 0 Å². The molecular formula is C16H23N3O2S2. The van der Waals surface area contributed by atoms with Crippen molar-refractivity contribution in [1.82, 2.24) is 9.97 Å². The number of anilines is 1. The lowest BCUT2D eigenvalue weighted by Crippen LogP contribution is -2.34. The average Bonchev–Trinajstić information content (AvgIpc) is 2.92. The molecule has 0 amide bonds. The molecule has 0 bridgehead atoms. The Morgan fingerprint density at radius 2 is 2.26 bits per heavy atom. The number of thioether (sulfide) groups is 1. The van der Waals surface area contributed by atoms with Crippen LogP contribution in [0.1, 0.15) is 30.7 Å². The van der Waals surface area contributed by atoms with Crippen LogP contribution in [0.15, 0.2) is 5.16 Å². The monoisotopic (exact) mass is 353 g/mol. The van der Waals surface area contributed by atoms with E-state index < -0.39 is 0 Å². The maximum Gasteiger partial charge on any atom is 0.190 e. The van der Waals surface area contributed by atoms with Gasteiger partial charge in [0.05, 0.1) is 24.2 Å². The van der Waals surface area contributed by atoms with E-state index in [9.17, 15) is 0 Å². The summed E-state index contributed by atoms with van der Waals surface area (Å²) in [6.07, 6.45) is 3.92. The third-order valence-electron chi connectivity index (χ3n) is 4.35. The van der Waals surface area contributed by atoms with Crippen LogP contribution in [-0.4, -0.2) is 42.1 Å². The SMILES string of the molecule is CCC1(C)Cc2c(sc3nc(SC)nc(NCCOC)c23)CO1. The van der Waals surface area contributed by atoms with Gasteiger partial charge in [0, 0.05) is 25.0 Å². The van der Waals surface area contributed by atoms with Crippen LogP contribution in [0, 0.1) is 0 Å². The quantitative estimate of drug-likeness (QED) is 0.485. The van der Waals surface area contributed by atoms with Crippen LogP contribution in [0.5, 0.6) is 0 Å². The molecule has 0 spiro atoms. The van der Waals surface area contributed by atoms with Crippen LogP contribution in [-0.2, 0) is 22.5 Å². The number of methoxy groups -OCH3 is 1. The topological polar surface area (TPSA) is 56.3 Å². The minimum Gasteiger partial charge on any atom is -0.383 e. The van der Waals surface area contributed by atoms with Crippen molar-refractivity contribution in [2.75, 3.05) is 31.8 Å². The van der Waals surface area contributed by atoms with Crippen LogP contribution in [0.3, 0.4) is 0 Å². The number of rotatable bonds is 6. The predicted molar refractivity (Wildman–Crippen MR) is 96.8 cm³/mol. The predicted octanol–water partition coefficient (Wildman–Crippen LogP) is 3.71. The molecule has 0 radical (unpaired) electrons. The molecule has 0 aliphatic carbocycles. The van der Waals surface area contributed by atoms with Crippen LogP contribution in [0.25, 0.3) is 10.2 Å². The number of aromatic nitrogens is 2. The van der Waals surface area contributed by atoms with Gasteiger partial charge in [-0.25, -0.2) is 9.97 Å². The molecule has 3 rings (SSSR count). The summed E-state index contributed by atoms with van der Waals surface area (Å²) in [5.41, 5.74) is 1.26. The molecule has 23 heavy (non-hydrogen) atoms. The Morgan fingerprint density at radius 1 is 1.43 bits per heavy atom. The van der Waals surface area contributed by atoms with Gasteiger partial charge in [0.1, 0.15) is 10.6 Å². The minimum absolute atomic E-state index is 0.0943. The minimum atomic E-state index is -0.0943. The zero-order chi connectivity index (χ0) is 16.4. The summed E-state index contributed by atoms with van der Waals surface area (Å²) >= 11 is 3.30. The van der Waals surface area contributed by atoms with Gasteiger partial charge < -0.3 is 14.8 Å². The zero-order valence-electron chi connectivity index (χ0n) is 14.1. The highest BCUT2D eigenvalue weighted by atomic mass is 32.2. The Kier molecular flexibility index (Phi) is 5.10. The van der Waals surface area contributed by atoms with Crippen molar-refractivity contribution in [1.29, 1.82) is 0 Å². The van der Waals surface area contributed by atoms with Crippen molar-refractivity contribution < 1.29 is 9.47 Å². The van der Waals surface area contributed by atoms with Crippen molar-refractivity contribution in [3.8, 4) is 0 Å². The fraction of sp³-hybridized carbons (Fsp3) is 0.625. The third kappa shape index (κ3) is 3.33. The first kappa shape index (κ1) is 17.0. The van der Waals surface area contributed by atoms with Gasteiger partial charge in [-0.3, -0.25) is 0 Å². The Morgan fingerprint density at radius 3 is 2.96 bits per heavy atom.